The summed E-state index contributed by atoms with van der Waals surface area (Å²) in [6.07, 6.45) is 3.06. The Bertz CT molecular complexity index is 527. The van der Waals surface area contributed by atoms with E-state index in [-0.39, 0.29) is 11.9 Å². The highest BCUT2D eigenvalue weighted by Gasteiger charge is 2.27. The smallest absolute Gasteiger partial charge is 0.350 e. The number of thiophene rings is 1. The first-order valence-corrected chi connectivity index (χ1v) is 8.15. The van der Waals surface area contributed by atoms with Crippen molar-refractivity contribution in [2.24, 2.45) is 5.92 Å². The fourth-order valence-corrected chi connectivity index (χ4v) is 3.54. The van der Waals surface area contributed by atoms with Crippen LogP contribution in [0.3, 0.4) is 0 Å². The molecule has 1 saturated heterocycles. The van der Waals surface area contributed by atoms with Crippen molar-refractivity contribution in [2.75, 3.05) is 19.0 Å². The van der Waals surface area contributed by atoms with Crippen molar-refractivity contribution in [1.82, 2.24) is 5.32 Å². The number of carbonyl (C=O) groups is 2. The normalized spacial score (nSPS) is 21.9. The lowest BCUT2D eigenvalue weighted by atomic mass is 9.90. The summed E-state index contributed by atoms with van der Waals surface area (Å²) in [7, 11) is 1.34. The van der Waals surface area contributed by atoms with E-state index in [4.69, 9.17) is 4.74 Å². The third kappa shape index (κ3) is 3.63. The number of hydrogen-bond donors (Lipinski definition) is 2. The molecule has 1 fully saturated rings. The van der Waals surface area contributed by atoms with Gasteiger partial charge in [0.1, 0.15) is 4.88 Å². The topological polar surface area (TPSA) is 67.4 Å². The van der Waals surface area contributed by atoms with Crippen molar-refractivity contribution >= 4 is 28.9 Å². The monoisotopic (exact) mass is 310 g/mol. The quantitative estimate of drug-likeness (QED) is 0.839. The van der Waals surface area contributed by atoms with Crippen LogP contribution in [-0.2, 0) is 9.53 Å². The van der Waals surface area contributed by atoms with E-state index in [0.717, 1.165) is 31.4 Å². The fourth-order valence-electron chi connectivity index (χ4n) is 2.62. The Morgan fingerprint density at radius 2 is 2.29 bits per heavy atom. The Hall–Kier alpha value is -1.40. The predicted molar refractivity (Wildman–Crippen MR) is 83.8 cm³/mol. The van der Waals surface area contributed by atoms with Crippen molar-refractivity contribution in [1.29, 1.82) is 0 Å². The molecule has 0 aliphatic carbocycles. The molecule has 1 aliphatic heterocycles. The Morgan fingerprint density at radius 1 is 1.52 bits per heavy atom. The van der Waals surface area contributed by atoms with Crippen molar-refractivity contribution in [3.8, 4) is 0 Å². The zero-order valence-electron chi connectivity index (χ0n) is 12.7. The molecule has 2 heterocycles. The maximum absolute atomic E-state index is 12.4. The van der Waals surface area contributed by atoms with Gasteiger partial charge in [-0.25, -0.2) is 4.79 Å². The second-order valence-corrected chi connectivity index (χ2v) is 6.29. The number of nitrogens with one attached hydrogen (secondary N) is 2. The summed E-state index contributed by atoms with van der Waals surface area (Å²) in [5.41, 5.74) is 1.47. The zero-order chi connectivity index (χ0) is 15.4. The summed E-state index contributed by atoms with van der Waals surface area (Å²) in [5, 5.41) is 8.00. The van der Waals surface area contributed by atoms with Crippen LogP contribution in [0.5, 0.6) is 0 Å². The van der Waals surface area contributed by atoms with Gasteiger partial charge in [-0.05, 0) is 43.2 Å². The summed E-state index contributed by atoms with van der Waals surface area (Å²) < 4.78 is 4.76. The van der Waals surface area contributed by atoms with Gasteiger partial charge in [-0.15, -0.1) is 11.3 Å². The number of methoxy groups -OCH3 is 1. The molecule has 5 nitrogen and oxygen atoms in total. The van der Waals surface area contributed by atoms with Crippen molar-refractivity contribution in [3.05, 3.63) is 15.8 Å². The van der Waals surface area contributed by atoms with Gasteiger partial charge in [0, 0.05) is 0 Å². The number of rotatable bonds is 4. The summed E-state index contributed by atoms with van der Waals surface area (Å²) in [4.78, 5) is 24.6. The fraction of sp³-hybridized carbons (Fsp3) is 0.600. The molecule has 0 aromatic carbocycles. The molecule has 2 atom stereocenters. The van der Waals surface area contributed by atoms with Gasteiger partial charge < -0.3 is 15.4 Å². The molecule has 0 saturated carbocycles. The highest BCUT2D eigenvalue weighted by atomic mass is 32.1. The van der Waals surface area contributed by atoms with Crippen molar-refractivity contribution in [3.63, 3.8) is 0 Å². The zero-order valence-corrected chi connectivity index (χ0v) is 13.5. The van der Waals surface area contributed by atoms with Crippen LogP contribution in [0.1, 0.15) is 41.4 Å². The van der Waals surface area contributed by atoms with Crippen LogP contribution in [0, 0.1) is 12.8 Å². The molecule has 1 aliphatic rings. The molecule has 1 aromatic rings. The Morgan fingerprint density at radius 3 is 2.95 bits per heavy atom. The van der Waals surface area contributed by atoms with E-state index in [1.807, 2.05) is 12.3 Å². The van der Waals surface area contributed by atoms with Gasteiger partial charge in [-0.2, -0.15) is 0 Å². The molecule has 116 valence electrons. The molecule has 0 bridgehead atoms. The molecule has 0 spiro atoms. The molecule has 1 aromatic heterocycles. The number of ether oxygens (including phenoxy) is 1. The first-order chi connectivity index (χ1) is 10.1. The number of carbonyl (C=O) groups excluding carboxylic acids is 2. The first kappa shape index (κ1) is 16.0. The van der Waals surface area contributed by atoms with E-state index >= 15 is 0 Å². The average Bonchev–Trinajstić information content (AvgIpc) is 2.87. The van der Waals surface area contributed by atoms with Gasteiger partial charge in [-0.3, -0.25) is 4.79 Å². The summed E-state index contributed by atoms with van der Waals surface area (Å²) in [5.74, 6) is 0.108. The predicted octanol–water partition coefficient (Wildman–Crippen LogP) is 2.56. The standard InChI is InChI=1S/C15H22N2O3S/c1-4-10-5-6-16-11(7-10)14(18)17-12-9(2)8-21-13(12)15(19)20-3/h8,10-11,16H,4-7H2,1-3H3,(H,17,18). The minimum atomic E-state index is -0.411. The van der Waals surface area contributed by atoms with Crippen molar-refractivity contribution < 1.29 is 14.3 Å². The summed E-state index contributed by atoms with van der Waals surface area (Å²) >= 11 is 1.29. The van der Waals surface area contributed by atoms with Crippen LogP contribution in [0.2, 0.25) is 0 Å². The largest absolute Gasteiger partial charge is 0.465 e. The molecule has 1 amide bonds. The van der Waals surface area contributed by atoms with Gasteiger partial charge in [0.05, 0.1) is 18.8 Å². The molecular weight excluding hydrogens is 288 g/mol. The molecule has 2 N–H and O–H groups in total. The van der Waals surface area contributed by atoms with Gasteiger partial charge >= 0.3 is 5.97 Å². The lowest BCUT2D eigenvalue weighted by Crippen LogP contribution is -2.46. The maximum atomic E-state index is 12.4. The van der Waals surface area contributed by atoms with Crippen LogP contribution in [0.15, 0.2) is 5.38 Å². The molecule has 2 unspecified atom stereocenters. The van der Waals surface area contributed by atoms with E-state index in [2.05, 4.69) is 17.6 Å². The number of hydrogen-bond acceptors (Lipinski definition) is 5. The number of piperidine rings is 1. The number of esters is 1. The second-order valence-electron chi connectivity index (χ2n) is 5.41. The Labute approximate surface area is 129 Å². The van der Waals surface area contributed by atoms with Gasteiger partial charge in [-0.1, -0.05) is 13.3 Å². The maximum Gasteiger partial charge on any atom is 0.350 e. The SMILES string of the molecule is CCC1CCNC(C(=O)Nc2c(C)csc2C(=O)OC)C1. The minimum absolute atomic E-state index is 0.0696. The molecule has 0 radical (unpaired) electrons. The lowest BCUT2D eigenvalue weighted by molar-refractivity contribution is -0.119. The minimum Gasteiger partial charge on any atom is -0.465 e. The van der Waals surface area contributed by atoms with Crippen LogP contribution < -0.4 is 10.6 Å². The van der Waals surface area contributed by atoms with Crippen LogP contribution in [-0.4, -0.2) is 31.6 Å². The third-order valence-electron chi connectivity index (χ3n) is 4.00. The van der Waals surface area contributed by atoms with E-state index in [1.165, 1.54) is 18.4 Å². The van der Waals surface area contributed by atoms with Gasteiger partial charge in [0.2, 0.25) is 5.91 Å². The van der Waals surface area contributed by atoms with Gasteiger partial charge in [0.25, 0.3) is 0 Å². The number of anilines is 1. The molecule has 2 rings (SSSR count). The van der Waals surface area contributed by atoms with Crippen LogP contribution in [0.4, 0.5) is 5.69 Å². The van der Waals surface area contributed by atoms with E-state index in [1.54, 1.807) is 0 Å². The van der Waals surface area contributed by atoms with Gasteiger partial charge in [0.15, 0.2) is 0 Å². The summed E-state index contributed by atoms with van der Waals surface area (Å²) in [6, 6.07) is -0.187. The van der Waals surface area contributed by atoms with Crippen molar-refractivity contribution in [2.45, 2.75) is 39.2 Å². The molecular formula is C15H22N2O3S. The summed E-state index contributed by atoms with van der Waals surface area (Å²) in [6.45, 7) is 4.90. The van der Waals surface area contributed by atoms with E-state index < -0.39 is 5.97 Å². The first-order valence-electron chi connectivity index (χ1n) is 7.27. The third-order valence-corrected chi connectivity index (χ3v) is 5.08. The average molecular weight is 310 g/mol. The Kier molecular flexibility index (Phi) is 5.36. The second kappa shape index (κ2) is 7.04. The van der Waals surface area contributed by atoms with E-state index in [0.29, 0.717) is 16.5 Å². The number of amides is 1. The lowest BCUT2D eigenvalue weighted by Gasteiger charge is -2.28. The molecule has 21 heavy (non-hydrogen) atoms. The highest BCUT2D eigenvalue weighted by molar-refractivity contribution is 7.12. The van der Waals surface area contributed by atoms with E-state index in [9.17, 15) is 9.59 Å². The highest BCUT2D eigenvalue weighted by Crippen LogP contribution is 2.29. The number of aryl methyl sites for hydroxylation is 1. The Balaban J connectivity index is 2.09. The van der Waals surface area contributed by atoms with Crippen LogP contribution in [0.25, 0.3) is 0 Å². The molecule has 6 heteroatoms. The van der Waals surface area contributed by atoms with Crippen LogP contribution >= 0.6 is 11.3 Å².